The van der Waals surface area contributed by atoms with Gasteiger partial charge in [-0.3, -0.25) is 14.4 Å². The maximum absolute atomic E-state index is 13.4. The molecular formula is C26H23Cl3N2O4. The quantitative estimate of drug-likeness (QED) is 0.257. The highest BCUT2D eigenvalue weighted by atomic mass is 35.5. The van der Waals surface area contributed by atoms with Crippen molar-refractivity contribution in [1.82, 2.24) is 4.90 Å². The molecule has 0 spiro atoms. The van der Waals surface area contributed by atoms with E-state index in [1.807, 2.05) is 0 Å². The lowest BCUT2D eigenvalue weighted by atomic mass is 10.1. The number of benzene rings is 3. The van der Waals surface area contributed by atoms with Gasteiger partial charge in [-0.15, -0.1) is 0 Å². The van der Waals surface area contributed by atoms with Crippen molar-refractivity contribution in [3.05, 3.63) is 92.4 Å². The summed E-state index contributed by atoms with van der Waals surface area (Å²) in [6.07, 6.45) is -0.395. The van der Waals surface area contributed by atoms with E-state index < -0.39 is 12.3 Å². The second-order valence-corrected chi connectivity index (χ2v) is 9.15. The fraction of sp³-hybridized carbons (Fsp3) is 0.192. The van der Waals surface area contributed by atoms with Crippen LogP contribution in [0.5, 0.6) is 5.75 Å². The lowest BCUT2D eigenvalue weighted by Crippen LogP contribution is -2.32. The summed E-state index contributed by atoms with van der Waals surface area (Å²) >= 11 is 18.5. The van der Waals surface area contributed by atoms with Crippen LogP contribution in [0, 0.1) is 0 Å². The highest BCUT2D eigenvalue weighted by Gasteiger charge is 2.23. The molecule has 0 aliphatic heterocycles. The maximum Gasteiger partial charge on any atom is 0.254 e. The molecule has 0 fully saturated rings. The molecule has 0 aliphatic carbocycles. The number of methoxy groups -OCH3 is 1. The van der Waals surface area contributed by atoms with E-state index in [0.717, 1.165) is 0 Å². The lowest BCUT2D eigenvalue weighted by molar-refractivity contribution is -0.117. The first kappa shape index (κ1) is 26.5. The zero-order valence-electron chi connectivity index (χ0n) is 19.3. The lowest BCUT2D eigenvalue weighted by Gasteiger charge is -2.24. The number of amides is 2. The van der Waals surface area contributed by atoms with Crippen molar-refractivity contribution in [2.24, 2.45) is 0 Å². The molecule has 35 heavy (non-hydrogen) atoms. The molecule has 0 aliphatic rings. The van der Waals surface area contributed by atoms with Gasteiger partial charge in [-0.2, -0.15) is 0 Å². The number of ketones is 1. The van der Waals surface area contributed by atoms with Crippen LogP contribution in [-0.2, 0) is 11.3 Å². The molecule has 0 saturated carbocycles. The Kier molecular flexibility index (Phi) is 8.78. The average molecular weight is 534 g/mol. The smallest absolute Gasteiger partial charge is 0.254 e. The normalized spacial score (nSPS) is 10.6. The van der Waals surface area contributed by atoms with Gasteiger partial charge in [0.1, 0.15) is 5.75 Å². The molecule has 0 radical (unpaired) electrons. The minimum atomic E-state index is -0.463. The van der Waals surface area contributed by atoms with Gasteiger partial charge in [-0.1, -0.05) is 53.0 Å². The van der Waals surface area contributed by atoms with Crippen LogP contribution in [0.1, 0.15) is 32.7 Å². The second-order valence-electron chi connectivity index (χ2n) is 7.92. The Hall–Kier alpha value is -3.06. The van der Waals surface area contributed by atoms with Crippen LogP contribution in [0.3, 0.4) is 0 Å². The minimum Gasteiger partial charge on any atom is -0.497 e. The number of Topliss-reactive ketones (excluding diaryl/α,β-unsaturated/α-hetero) is 1. The zero-order chi connectivity index (χ0) is 25.7. The number of carbonyl (C=O) groups is 3. The Morgan fingerprint density at radius 2 is 1.57 bits per heavy atom. The second kappa shape index (κ2) is 11.6. The number of carbonyl (C=O) groups excluding carboxylic acids is 3. The van der Waals surface area contributed by atoms with Gasteiger partial charge in [0.25, 0.3) is 5.91 Å². The molecule has 3 aromatic carbocycles. The molecule has 6 nitrogen and oxygen atoms in total. The summed E-state index contributed by atoms with van der Waals surface area (Å²) in [5.74, 6) is -0.632. The fourth-order valence-electron chi connectivity index (χ4n) is 3.36. The molecule has 0 aromatic heterocycles. The summed E-state index contributed by atoms with van der Waals surface area (Å²) in [7, 11) is 4.72. The Morgan fingerprint density at radius 1 is 0.857 bits per heavy atom. The molecule has 182 valence electrons. The van der Waals surface area contributed by atoms with E-state index >= 15 is 0 Å². The number of hydrogen-bond acceptors (Lipinski definition) is 4. The highest BCUT2D eigenvalue weighted by molar-refractivity contribution is 6.42. The largest absolute Gasteiger partial charge is 0.497 e. The van der Waals surface area contributed by atoms with E-state index in [0.29, 0.717) is 32.6 Å². The number of ether oxygens (including phenoxy) is 1. The molecule has 0 bridgehead atoms. The van der Waals surface area contributed by atoms with Crippen molar-refractivity contribution in [3.8, 4) is 5.75 Å². The highest BCUT2D eigenvalue weighted by Crippen LogP contribution is 2.28. The van der Waals surface area contributed by atoms with Crippen LogP contribution in [0.15, 0.2) is 60.7 Å². The van der Waals surface area contributed by atoms with Crippen LogP contribution in [0.4, 0.5) is 5.69 Å². The number of rotatable bonds is 8. The first-order chi connectivity index (χ1) is 16.6. The molecule has 3 rings (SSSR count). The van der Waals surface area contributed by atoms with Crippen molar-refractivity contribution in [2.75, 3.05) is 26.1 Å². The summed E-state index contributed by atoms with van der Waals surface area (Å²) in [5.41, 5.74) is 1.69. The van der Waals surface area contributed by atoms with Crippen LogP contribution >= 0.6 is 34.8 Å². The van der Waals surface area contributed by atoms with E-state index in [9.17, 15) is 14.4 Å². The Balaban J connectivity index is 1.98. The van der Waals surface area contributed by atoms with Crippen molar-refractivity contribution < 1.29 is 19.1 Å². The van der Waals surface area contributed by atoms with E-state index in [1.54, 1.807) is 68.7 Å². The van der Waals surface area contributed by atoms with Gasteiger partial charge >= 0.3 is 0 Å². The van der Waals surface area contributed by atoms with Gasteiger partial charge in [0, 0.05) is 25.3 Å². The molecule has 0 N–H and O–H groups in total. The van der Waals surface area contributed by atoms with Crippen LogP contribution in [0.25, 0.3) is 0 Å². The van der Waals surface area contributed by atoms with E-state index in [1.165, 1.54) is 23.0 Å². The van der Waals surface area contributed by atoms with E-state index in [4.69, 9.17) is 39.5 Å². The Bertz CT molecular complexity index is 1280. The number of nitrogens with zero attached hydrogens (tertiary/aromatic N) is 2. The van der Waals surface area contributed by atoms with Gasteiger partial charge < -0.3 is 14.5 Å². The summed E-state index contributed by atoms with van der Waals surface area (Å²) < 4.78 is 5.17. The van der Waals surface area contributed by atoms with Gasteiger partial charge in [0.15, 0.2) is 5.78 Å². The van der Waals surface area contributed by atoms with Gasteiger partial charge in [-0.25, -0.2) is 0 Å². The van der Waals surface area contributed by atoms with Crippen LogP contribution < -0.4 is 9.64 Å². The number of hydrogen-bond donors (Lipinski definition) is 0. The van der Waals surface area contributed by atoms with Crippen molar-refractivity contribution >= 4 is 58.1 Å². The maximum atomic E-state index is 13.4. The summed E-state index contributed by atoms with van der Waals surface area (Å²) in [5, 5.41) is 0.970. The summed E-state index contributed by atoms with van der Waals surface area (Å²) in [6, 6.07) is 16.3. The third-order valence-corrected chi connectivity index (χ3v) is 6.30. The summed E-state index contributed by atoms with van der Waals surface area (Å²) in [6.45, 7) is 0.0956. The first-order valence-corrected chi connectivity index (χ1v) is 11.7. The van der Waals surface area contributed by atoms with Gasteiger partial charge in [-0.05, 0) is 48.0 Å². The zero-order valence-corrected chi connectivity index (χ0v) is 21.6. The third-order valence-electron chi connectivity index (χ3n) is 5.23. The van der Waals surface area contributed by atoms with Crippen LogP contribution in [0.2, 0.25) is 15.1 Å². The van der Waals surface area contributed by atoms with Crippen molar-refractivity contribution in [3.63, 3.8) is 0 Å². The molecule has 0 atom stereocenters. The monoisotopic (exact) mass is 532 g/mol. The Labute approximate surface area is 218 Å². The minimum absolute atomic E-state index is 0.0956. The third kappa shape index (κ3) is 6.54. The molecule has 0 unspecified atom stereocenters. The predicted molar refractivity (Wildman–Crippen MR) is 139 cm³/mol. The molecule has 0 saturated heterocycles. The Morgan fingerprint density at radius 3 is 2.23 bits per heavy atom. The fourth-order valence-corrected chi connectivity index (χ4v) is 3.88. The van der Waals surface area contributed by atoms with E-state index in [-0.39, 0.29) is 28.8 Å². The van der Waals surface area contributed by atoms with Crippen molar-refractivity contribution in [1.29, 1.82) is 0 Å². The molecular weight excluding hydrogens is 511 g/mol. The predicted octanol–water partition coefficient (Wildman–Crippen LogP) is 6.16. The SMILES string of the molecule is COc1cccc(C(=O)CC(=O)N(Cc2ccc(Cl)c(Cl)c2)c2ccc(Cl)c(C(=O)N(C)C)c2)c1. The standard InChI is InChI=1S/C26H23Cl3N2O4/c1-30(2)26(34)20-13-18(8-10-21(20)27)31(15-16-7-9-22(28)23(29)11-16)25(33)14-24(32)17-5-4-6-19(12-17)35-3/h4-13H,14-15H2,1-3H3. The van der Waals surface area contributed by atoms with Crippen LogP contribution in [-0.4, -0.2) is 43.7 Å². The number of anilines is 1. The first-order valence-electron chi connectivity index (χ1n) is 10.5. The van der Waals surface area contributed by atoms with Crippen molar-refractivity contribution in [2.45, 2.75) is 13.0 Å². The molecule has 9 heteroatoms. The molecule has 0 heterocycles. The van der Waals surface area contributed by atoms with Gasteiger partial charge in [0.2, 0.25) is 5.91 Å². The molecule has 3 aromatic rings. The topological polar surface area (TPSA) is 66.9 Å². The number of halogens is 3. The average Bonchev–Trinajstić information content (AvgIpc) is 2.84. The molecule has 2 amide bonds. The summed E-state index contributed by atoms with van der Waals surface area (Å²) in [4.78, 5) is 41.8. The van der Waals surface area contributed by atoms with Gasteiger partial charge in [0.05, 0.1) is 40.7 Å². The van der Waals surface area contributed by atoms with E-state index in [2.05, 4.69) is 0 Å².